The van der Waals surface area contributed by atoms with E-state index in [4.69, 9.17) is 5.73 Å². The molecule has 0 aliphatic heterocycles. The summed E-state index contributed by atoms with van der Waals surface area (Å²) in [5.41, 5.74) is 5.92. The molecule has 6 heteroatoms. The van der Waals surface area contributed by atoms with Crippen LogP contribution in [0.15, 0.2) is 18.2 Å². The lowest BCUT2D eigenvalue weighted by molar-refractivity contribution is -0.384. The third kappa shape index (κ3) is 3.59. The van der Waals surface area contributed by atoms with Crippen LogP contribution in [0.3, 0.4) is 0 Å². The zero-order valence-electron chi connectivity index (χ0n) is 10.6. The van der Waals surface area contributed by atoms with Gasteiger partial charge in [0.15, 0.2) is 0 Å². The van der Waals surface area contributed by atoms with E-state index in [2.05, 4.69) is 19.2 Å². The predicted octanol–water partition coefficient (Wildman–Crippen LogP) is 1.94. The van der Waals surface area contributed by atoms with Crippen LogP contribution in [0.2, 0.25) is 0 Å². The molecule has 18 heavy (non-hydrogen) atoms. The first-order chi connectivity index (χ1) is 8.45. The number of anilines is 1. The smallest absolute Gasteiger partial charge is 0.296 e. The van der Waals surface area contributed by atoms with Gasteiger partial charge in [0.1, 0.15) is 11.4 Å². The predicted molar refractivity (Wildman–Crippen MR) is 70.6 cm³/mol. The summed E-state index contributed by atoms with van der Waals surface area (Å²) in [6.07, 6.45) is 0. The monoisotopic (exact) mass is 253 g/mol. The van der Waals surface area contributed by atoms with E-state index in [9.17, 15) is 15.2 Å². The maximum Gasteiger partial charge on any atom is 0.296 e. The lowest BCUT2D eigenvalue weighted by Crippen LogP contribution is -2.27. The fourth-order valence-electron chi connectivity index (χ4n) is 1.65. The van der Waals surface area contributed by atoms with E-state index in [1.54, 1.807) is 0 Å². The molecule has 1 aromatic carbocycles. The summed E-state index contributed by atoms with van der Waals surface area (Å²) in [5, 5.41) is 23.1. The molecule has 1 unspecified atom stereocenters. The van der Waals surface area contributed by atoms with Gasteiger partial charge in [-0.3, -0.25) is 10.1 Å². The summed E-state index contributed by atoms with van der Waals surface area (Å²) in [4.78, 5) is 10.3. The summed E-state index contributed by atoms with van der Waals surface area (Å²) in [7, 11) is 0. The van der Waals surface area contributed by atoms with Crippen LogP contribution in [0.4, 0.5) is 11.4 Å². The Labute approximate surface area is 106 Å². The first-order valence-corrected chi connectivity index (χ1v) is 5.87. The molecule has 0 spiro atoms. The summed E-state index contributed by atoms with van der Waals surface area (Å²) < 4.78 is 0. The molecule has 1 atom stereocenters. The van der Waals surface area contributed by atoms with Gasteiger partial charge in [-0.2, -0.15) is 0 Å². The molecule has 0 saturated carbocycles. The Morgan fingerprint density at radius 3 is 2.67 bits per heavy atom. The highest BCUT2D eigenvalue weighted by atomic mass is 16.6. The highest BCUT2D eigenvalue weighted by molar-refractivity contribution is 5.63. The van der Waals surface area contributed by atoms with Crippen LogP contribution < -0.4 is 11.1 Å². The molecule has 1 rings (SSSR count). The lowest BCUT2D eigenvalue weighted by atomic mass is 9.96. The van der Waals surface area contributed by atoms with Crippen molar-refractivity contribution in [1.82, 2.24) is 0 Å². The molecule has 0 heterocycles. The fraction of sp³-hybridized carbons (Fsp3) is 0.500. The maximum atomic E-state index is 10.9. The molecule has 0 bridgehead atoms. The molecule has 0 aliphatic carbocycles. The number of rotatable bonds is 6. The van der Waals surface area contributed by atoms with Gasteiger partial charge < -0.3 is 16.2 Å². The van der Waals surface area contributed by atoms with E-state index >= 15 is 0 Å². The second-order valence-corrected chi connectivity index (χ2v) is 4.58. The van der Waals surface area contributed by atoms with E-state index in [0.717, 1.165) is 6.07 Å². The molecule has 0 saturated heterocycles. The summed E-state index contributed by atoms with van der Waals surface area (Å²) >= 11 is 0. The maximum absolute atomic E-state index is 10.9. The van der Waals surface area contributed by atoms with Crippen molar-refractivity contribution in [1.29, 1.82) is 0 Å². The number of hydrogen-bond donors (Lipinski definition) is 3. The molecule has 4 N–H and O–H groups in total. The molecule has 0 radical (unpaired) electrons. The van der Waals surface area contributed by atoms with Gasteiger partial charge in [-0.15, -0.1) is 0 Å². The van der Waals surface area contributed by atoms with Gasteiger partial charge in [-0.05, 0) is 30.5 Å². The van der Waals surface area contributed by atoms with Gasteiger partial charge in [0, 0.05) is 6.54 Å². The Bertz CT molecular complexity index is 421. The van der Waals surface area contributed by atoms with Crippen LogP contribution in [0.25, 0.3) is 0 Å². The fourth-order valence-corrected chi connectivity index (χ4v) is 1.65. The minimum atomic E-state index is -0.519. The molecular formula is C12H19N3O3. The molecule has 0 aliphatic rings. The average Bonchev–Trinajstić information content (AvgIpc) is 2.30. The number of benzene rings is 1. The van der Waals surface area contributed by atoms with E-state index < -0.39 is 4.92 Å². The third-order valence-corrected chi connectivity index (χ3v) is 2.98. The zero-order chi connectivity index (χ0) is 13.7. The first-order valence-electron chi connectivity index (χ1n) is 5.87. The number of phenols is 1. The van der Waals surface area contributed by atoms with E-state index in [1.165, 1.54) is 12.1 Å². The number of nitrogens with zero attached hydrogens (tertiary/aromatic N) is 1. The minimum Gasteiger partial charge on any atom is -0.508 e. The summed E-state index contributed by atoms with van der Waals surface area (Å²) in [5.74, 6) is 0.531. The van der Waals surface area contributed by atoms with Gasteiger partial charge in [0.05, 0.1) is 11.0 Å². The normalized spacial score (nSPS) is 12.4. The standard InChI is InChI=1S/C12H19N3O3/c1-8(2)9(6-13)7-14-11-4-3-10(16)5-12(11)15(17)18/h3-5,8-9,14,16H,6-7,13H2,1-2H3. The molecule has 0 amide bonds. The van der Waals surface area contributed by atoms with Gasteiger partial charge in [0.2, 0.25) is 0 Å². The molecule has 6 nitrogen and oxygen atoms in total. The number of hydrogen-bond acceptors (Lipinski definition) is 5. The average molecular weight is 253 g/mol. The number of nitro benzene ring substituents is 1. The van der Waals surface area contributed by atoms with Crippen LogP contribution in [0.5, 0.6) is 5.75 Å². The highest BCUT2D eigenvalue weighted by Gasteiger charge is 2.17. The minimum absolute atomic E-state index is 0.119. The Balaban J connectivity index is 2.81. The van der Waals surface area contributed by atoms with Crippen molar-refractivity contribution in [2.45, 2.75) is 13.8 Å². The second-order valence-electron chi connectivity index (χ2n) is 4.58. The Morgan fingerprint density at radius 1 is 1.50 bits per heavy atom. The number of nitro groups is 1. The van der Waals surface area contributed by atoms with Crippen molar-refractivity contribution in [2.24, 2.45) is 17.6 Å². The van der Waals surface area contributed by atoms with Crippen molar-refractivity contribution in [2.75, 3.05) is 18.4 Å². The topological polar surface area (TPSA) is 101 Å². The second kappa shape index (κ2) is 6.20. The van der Waals surface area contributed by atoms with Crippen LogP contribution in [0, 0.1) is 22.0 Å². The molecule has 0 fully saturated rings. The van der Waals surface area contributed by atoms with E-state index in [1.807, 2.05) is 0 Å². The first kappa shape index (κ1) is 14.2. The van der Waals surface area contributed by atoms with E-state index in [-0.39, 0.29) is 17.4 Å². The van der Waals surface area contributed by atoms with Gasteiger partial charge in [-0.25, -0.2) is 0 Å². The van der Waals surface area contributed by atoms with Crippen LogP contribution >= 0.6 is 0 Å². The largest absolute Gasteiger partial charge is 0.508 e. The lowest BCUT2D eigenvalue weighted by Gasteiger charge is -2.19. The highest BCUT2D eigenvalue weighted by Crippen LogP contribution is 2.28. The third-order valence-electron chi connectivity index (χ3n) is 2.98. The SMILES string of the molecule is CC(C)C(CN)CNc1ccc(O)cc1[N+](=O)[O-]. The number of phenolic OH excluding ortho intramolecular Hbond substituents is 1. The van der Waals surface area contributed by atoms with Crippen LogP contribution in [-0.4, -0.2) is 23.1 Å². The van der Waals surface area contributed by atoms with Crippen molar-refractivity contribution < 1.29 is 10.0 Å². The number of aromatic hydroxyl groups is 1. The van der Waals surface area contributed by atoms with Crippen LogP contribution in [-0.2, 0) is 0 Å². The Hall–Kier alpha value is -1.82. The zero-order valence-corrected chi connectivity index (χ0v) is 10.6. The summed E-state index contributed by atoms with van der Waals surface area (Å²) in [6, 6.07) is 4.05. The van der Waals surface area contributed by atoms with Gasteiger partial charge >= 0.3 is 0 Å². The van der Waals surface area contributed by atoms with Crippen LogP contribution in [0.1, 0.15) is 13.8 Å². The number of nitrogens with two attached hydrogens (primary N) is 1. The Kier molecular flexibility index (Phi) is 4.91. The van der Waals surface area contributed by atoms with E-state index in [0.29, 0.717) is 24.7 Å². The Morgan fingerprint density at radius 2 is 2.17 bits per heavy atom. The molecule has 1 aromatic rings. The number of nitrogens with one attached hydrogen (secondary N) is 1. The summed E-state index contributed by atoms with van der Waals surface area (Å²) in [6.45, 7) is 5.21. The van der Waals surface area contributed by atoms with Crippen molar-refractivity contribution in [3.63, 3.8) is 0 Å². The quantitative estimate of drug-likeness (QED) is 0.408. The van der Waals surface area contributed by atoms with Crippen molar-refractivity contribution in [3.05, 3.63) is 28.3 Å². The van der Waals surface area contributed by atoms with Gasteiger partial charge in [-0.1, -0.05) is 13.8 Å². The molecule has 100 valence electrons. The molecular weight excluding hydrogens is 234 g/mol. The van der Waals surface area contributed by atoms with Gasteiger partial charge in [0.25, 0.3) is 5.69 Å². The van der Waals surface area contributed by atoms with Crippen molar-refractivity contribution in [3.8, 4) is 5.75 Å². The molecule has 0 aromatic heterocycles. The van der Waals surface area contributed by atoms with Crippen molar-refractivity contribution >= 4 is 11.4 Å².